The molecule has 0 saturated carbocycles. The van der Waals surface area contributed by atoms with Gasteiger partial charge in [0.2, 0.25) is 0 Å². The zero-order valence-electron chi connectivity index (χ0n) is 9.98. The summed E-state index contributed by atoms with van der Waals surface area (Å²) < 4.78 is 5.14. The number of likely N-dealkylation sites (N-methyl/N-ethyl adjacent to an activating group) is 1. The van der Waals surface area contributed by atoms with Gasteiger partial charge in [0, 0.05) is 12.1 Å². The van der Waals surface area contributed by atoms with Crippen LogP contribution in [0.25, 0.3) is 0 Å². The Morgan fingerprint density at radius 1 is 1.41 bits per heavy atom. The number of nitrogens with one attached hydrogen (secondary N) is 1. The predicted octanol–water partition coefficient (Wildman–Crippen LogP) is 1.05. The maximum absolute atomic E-state index is 9.93. The number of aliphatic hydroxyl groups is 2. The van der Waals surface area contributed by atoms with Crippen molar-refractivity contribution in [2.24, 2.45) is 0 Å². The summed E-state index contributed by atoms with van der Waals surface area (Å²) in [5.41, 5.74) is 1.42. The van der Waals surface area contributed by atoms with Crippen molar-refractivity contribution in [3.63, 3.8) is 0 Å². The van der Waals surface area contributed by atoms with Gasteiger partial charge in [0.1, 0.15) is 11.9 Å². The van der Waals surface area contributed by atoms with Gasteiger partial charge in [-0.05, 0) is 24.7 Å². The summed E-state index contributed by atoms with van der Waals surface area (Å²) in [7, 11) is 3.28. The van der Waals surface area contributed by atoms with Crippen LogP contribution in [0.1, 0.15) is 17.2 Å². The topological polar surface area (TPSA) is 61.7 Å². The first-order chi connectivity index (χ1) is 8.13. The third-order valence-electron chi connectivity index (χ3n) is 2.57. The average molecular weight is 260 g/mol. The molecule has 0 heterocycles. The molecule has 1 aromatic rings. The largest absolute Gasteiger partial charge is 0.496 e. The lowest BCUT2D eigenvalue weighted by atomic mass is 10.0. The maximum Gasteiger partial charge on any atom is 0.123 e. The van der Waals surface area contributed by atoms with Crippen molar-refractivity contribution in [2.45, 2.75) is 18.1 Å². The van der Waals surface area contributed by atoms with Crippen molar-refractivity contribution >= 4 is 11.6 Å². The highest BCUT2D eigenvalue weighted by Gasteiger charge is 2.18. The number of ether oxygens (including phenoxy) is 1. The molecule has 0 fully saturated rings. The molecule has 2 atom stereocenters. The Balaban J connectivity index is 2.91. The Kier molecular flexibility index (Phi) is 5.71. The lowest BCUT2D eigenvalue weighted by Gasteiger charge is -2.19. The van der Waals surface area contributed by atoms with Gasteiger partial charge in [0.25, 0.3) is 0 Å². The molecule has 0 radical (unpaired) electrons. The predicted molar refractivity (Wildman–Crippen MR) is 67.4 cm³/mol. The summed E-state index contributed by atoms with van der Waals surface area (Å²) in [5, 5.41) is 22.4. The van der Waals surface area contributed by atoms with E-state index in [4.69, 9.17) is 16.3 Å². The number of aliphatic hydroxyl groups excluding tert-OH is 2. The van der Waals surface area contributed by atoms with Crippen LogP contribution in [0.15, 0.2) is 18.2 Å². The quantitative estimate of drug-likeness (QED) is 0.669. The van der Waals surface area contributed by atoms with E-state index in [0.29, 0.717) is 23.7 Å². The minimum atomic E-state index is -0.935. The van der Waals surface area contributed by atoms with Crippen LogP contribution >= 0.6 is 11.6 Å². The Morgan fingerprint density at radius 2 is 2.12 bits per heavy atom. The molecule has 3 N–H and O–H groups in total. The van der Waals surface area contributed by atoms with E-state index in [9.17, 15) is 10.2 Å². The third kappa shape index (κ3) is 3.57. The van der Waals surface area contributed by atoms with Crippen molar-refractivity contribution < 1.29 is 14.9 Å². The summed E-state index contributed by atoms with van der Waals surface area (Å²) in [6.07, 6.45) is -1.79. The van der Waals surface area contributed by atoms with E-state index in [-0.39, 0.29) is 0 Å². The van der Waals surface area contributed by atoms with E-state index in [2.05, 4.69) is 5.32 Å². The molecule has 0 saturated heterocycles. The maximum atomic E-state index is 9.93. The van der Waals surface area contributed by atoms with Crippen molar-refractivity contribution in [2.75, 3.05) is 20.7 Å². The zero-order valence-corrected chi connectivity index (χ0v) is 10.7. The van der Waals surface area contributed by atoms with Gasteiger partial charge < -0.3 is 20.3 Å². The molecule has 5 heteroatoms. The fourth-order valence-electron chi connectivity index (χ4n) is 1.63. The van der Waals surface area contributed by atoms with Crippen LogP contribution in [-0.4, -0.2) is 37.0 Å². The summed E-state index contributed by atoms with van der Waals surface area (Å²) >= 11 is 5.79. The van der Waals surface area contributed by atoms with Crippen LogP contribution in [0.2, 0.25) is 0 Å². The standard InChI is InChI=1S/C12H18ClNO3/c1-14-7-10(15)12(16)8-3-4-11(17-2)9(5-8)6-13/h3-5,10,12,14-16H,6-7H2,1-2H3. The molecule has 17 heavy (non-hydrogen) atoms. The molecule has 0 bridgehead atoms. The lowest BCUT2D eigenvalue weighted by molar-refractivity contribution is 0.0202. The zero-order chi connectivity index (χ0) is 12.8. The Labute approximate surface area is 106 Å². The van der Waals surface area contributed by atoms with E-state index in [1.54, 1.807) is 32.4 Å². The van der Waals surface area contributed by atoms with Gasteiger partial charge in [-0.1, -0.05) is 6.07 Å². The minimum absolute atomic E-state index is 0.297. The average Bonchev–Trinajstić information content (AvgIpc) is 2.37. The molecular formula is C12H18ClNO3. The van der Waals surface area contributed by atoms with Crippen LogP contribution in [-0.2, 0) is 5.88 Å². The van der Waals surface area contributed by atoms with Gasteiger partial charge in [-0.2, -0.15) is 0 Å². The SMILES string of the molecule is CNCC(O)C(O)c1ccc(OC)c(CCl)c1. The summed E-state index contributed by atoms with van der Waals surface area (Å²) in [4.78, 5) is 0. The number of methoxy groups -OCH3 is 1. The van der Waals surface area contributed by atoms with Crippen molar-refractivity contribution in [3.8, 4) is 5.75 Å². The lowest BCUT2D eigenvalue weighted by Crippen LogP contribution is -2.29. The monoisotopic (exact) mass is 259 g/mol. The van der Waals surface area contributed by atoms with Crippen LogP contribution in [0, 0.1) is 0 Å². The fourth-order valence-corrected chi connectivity index (χ4v) is 1.84. The first kappa shape index (κ1) is 14.3. The van der Waals surface area contributed by atoms with E-state index in [1.165, 1.54) is 0 Å². The van der Waals surface area contributed by atoms with Gasteiger partial charge in [-0.3, -0.25) is 0 Å². The molecule has 0 aliphatic rings. The van der Waals surface area contributed by atoms with Crippen LogP contribution in [0.3, 0.4) is 0 Å². The number of alkyl halides is 1. The molecule has 0 aliphatic carbocycles. The molecule has 4 nitrogen and oxygen atoms in total. The van der Waals surface area contributed by atoms with Gasteiger partial charge in [0.15, 0.2) is 0 Å². The van der Waals surface area contributed by atoms with Crippen LogP contribution < -0.4 is 10.1 Å². The Morgan fingerprint density at radius 3 is 2.65 bits per heavy atom. The number of benzene rings is 1. The number of halogens is 1. The molecule has 2 unspecified atom stereocenters. The first-order valence-corrected chi connectivity index (χ1v) is 5.91. The van der Waals surface area contributed by atoms with Gasteiger partial charge in [-0.25, -0.2) is 0 Å². The molecule has 0 amide bonds. The van der Waals surface area contributed by atoms with Gasteiger partial charge >= 0.3 is 0 Å². The van der Waals surface area contributed by atoms with Crippen molar-refractivity contribution in [1.82, 2.24) is 5.32 Å². The fraction of sp³-hybridized carbons (Fsp3) is 0.500. The van der Waals surface area contributed by atoms with E-state index in [0.717, 1.165) is 5.56 Å². The van der Waals surface area contributed by atoms with E-state index < -0.39 is 12.2 Å². The first-order valence-electron chi connectivity index (χ1n) is 5.37. The second-order valence-corrected chi connectivity index (χ2v) is 4.04. The highest BCUT2D eigenvalue weighted by atomic mass is 35.5. The van der Waals surface area contributed by atoms with Crippen LogP contribution in [0.5, 0.6) is 5.75 Å². The van der Waals surface area contributed by atoms with E-state index >= 15 is 0 Å². The molecule has 0 aromatic heterocycles. The highest BCUT2D eigenvalue weighted by molar-refractivity contribution is 6.17. The second kappa shape index (κ2) is 6.81. The van der Waals surface area contributed by atoms with Crippen molar-refractivity contribution in [1.29, 1.82) is 0 Å². The van der Waals surface area contributed by atoms with Gasteiger partial charge in [-0.15, -0.1) is 11.6 Å². The highest BCUT2D eigenvalue weighted by Crippen LogP contribution is 2.26. The number of hydrogen-bond acceptors (Lipinski definition) is 4. The molecule has 1 rings (SSSR count). The molecule has 96 valence electrons. The molecule has 0 spiro atoms. The Bertz CT molecular complexity index is 360. The third-order valence-corrected chi connectivity index (χ3v) is 2.86. The number of hydrogen-bond donors (Lipinski definition) is 3. The summed E-state index contributed by atoms with van der Waals surface area (Å²) in [6.45, 7) is 0.323. The summed E-state index contributed by atoms with van der Waals surface area (Å²) in [6, 6.07) is 5.20. The van der Waals surface area contributed by atoms with Crippen LogP contribution in [0.4, 0.5) is 0 Å². The number of rotatable bonds is 6. The second-order valence-electron chi connectivity index (χ2n) is 3.77. The normalized spacial score (nSPS) is 14.4. The molecule has 0 aliphatic heterocycles. The van der Waals surface area contributed by atoms with Crippen molar-refractivity contribution in [3.05, 3.63) is 29.3 Å². The Hall–Kier alpha value is -0.810. The molecule has 1 aromatic carbocycles. The van der Waals surface area contributed by atoms with Gasteiger partial charge in [0.05, 0.1) is 19.1 Å². The summed E-state index contributed by atoms with van der Waals surface area (Å²) in [5.74, 6) is 0.977. The van der Waals surface area contributed by atoms with E-state index in [1.807, 2.05) is 0 Å². The minimum Gasteiger partial charge on any atom is -0.496 e. The molecular weight excluding hydrogens is 242 g/mol. The smallest absolute Gasteiger partial charge is 0.123 e.